The first-order valence-corrected chi connectivity index (χ1v) is 13.5. The minimum atomic E-state index is -5.06. The van der Waals surface area contributed by atoms with Crippen LogP contribution >= 0.6 is 0 Å². The molecule has 5 rings (SSSR count). The van der Waals surface area contributed by atoms with Crippen molar-refractivity contribution in [2.24, 2.45) is 11.8 Å². The average Bonchev–Trinajstić information content (AvgIpc) is 3.26. The van der Waals surface area contributed by atoms with Crippen LogP contribution in [0.4, 0.5) is 22.0 Å². The van der Waals surface area contributed by atoms with Crippen LogP contribution in [0, 0.1) is 17.7 Å². The molecule has 1 N–H and O–H groups in total. The lowest BCUT2D eigenvalue weighted by Crippen LogP contribution is -2.51. The summed E-state index contributed by atoms with van der Waals surface area (Å²) in [7, 11) is 0. The van der Waals surface area contributed by atoms with Gasteiger partial charge in [0.2, 0.25) is 11.6 Å². The zero-order valence-corrected chi connectivity index (χ0v) is 21.7. The maximum absolute atomic E-state index is 14.8. The third-order valence-electron chi connectivity index (χ3n) is 9.33. The highest BCUT2D eigenvalue weighted by Gasteiger charge is 2.56. The summed E-state index contributed by atoms with van der Waals surface area (Å²) in [5.41, 5.74) is -2.47. The molecule has 1 aliphatic heterocycles. The van der Waals surface area contributed by atoms with Crippen LogP contribution in [0.3, 0.4) is 0 Å². The number of likely N-dealkylation sites (tertiary alicyclic amines) is 1. The van der Waals surface area contributed by atoms with Gasteiger partial charge in [0.25, 0.3) is 0 Å². The fraction of sp³-hybridized carbons (Fsp3) is 0.533. The number of halogens is 5. The number of carboxylic acids is 1. The molecule has 39 heavy (non-hydrogen) atoms. The van der Waals surface area contributed by atoms with E-state index in [-0.39, 0.29) is 17.9 Å². The van der Waals surface area contributed by atoms with Gasteiger partial charge in [-0.15, -0.1) is 0 Å². The van der Waals surface area contributed by atoms with E-state index in [1.54, 1.807) is 18.2 Å². The van der Waals surface area contributed by atoms with Crippen LogP contribution in [0.25, 0.3) is 0 Å². The predicted molar refractivity (Wildman–Crippen MR) is 134 cm³/mol. The first kappa shape index (κ1) is 27.6. The summed E-state index contributed by atoms with van der Waals surface area (Å²) in [6.07, 6.45) is -1.33. The smallest absolute Gasteiger partial charge is 0.426 e. The third-order valence-corrected chi connectivity index (χ3v) is 9.33. The standard InChI is InChI=1S/C30H32F5NO3/c1-28(32,30(33,34)35)22-10-11-24-21(16-22)9-12-25-29(24,17-18-3-2-4-23(31)15-18)13-14-36(25)26(37)19-5-7-20(8-6-19)27(38)39/h2-4,10-11,15-16,19-20,25H,5-9,12-14,17H2,1H3,(H,38,39)/t19-,20-,25?,28?,29?. The van der Waals surface area contributed by atoms with Gasteiger partial charge in [-0.05, 0) is 92.7 Å². The number of amides is 1. The number of carbonyl (C=O) groups is 2. The van der Waals surface area contributed by atoms with Gasteiger partial charge in [0, 0.05) is 23.9 Å². The summed E-state index contributed by atoms with van der Waals surface area (Å²) in [4.78, 5) is 27.0. The van der Waals surface area contributed by atoms with Crippen molar-refractivity contribution in [3.8, 4) is 0 Å². The highest BCUT2D eigenvalue weighted by Crippen LogP contribution is 2.51. The van der Waals surface area contributed by atoms with Crippen molar-refractivity contribution in [1.82, 2.24) is 4.90 Å². The number of rotatable bonds is 5. The minimum Gasteiger partial charge on any atom is -0.481 e. The Morgan fingerprint density at radius 3 is 2.33 bits per heavy atom. The Balaban J connectivity index is 1.50. The Kier molecular flexibility index (Phi) is 7.00. The summed E-state index contributed by atoms with van der Waals surface area (Å²) >= 11 is 0. The zero-order chi connectivity index (χ0) is 28.2. The molecule has 0 aromatic heterocycles. The van der Waals surface area contributed by atoms with Crippen molar-refractivity contribution in [2.75, 3.05) is 6.54 Å². The molecule has 9 heteroatoms. The van der Waals surface area contributed by atoms with Gasteiger partial charge in [0.15, 0.2) is 0 Å². The van der Waals surface area contributed by atoms with Crippen LogP contribution in [0.1, 0.15) is 67.7 Å². The second-order valence-electron chi connectivity index (χ2n) is 11.6. The van der Waals surface area contributed by atoms with E-state index >= 15 is 0 Å². The maximum Gasteiger partial charge on any atom is 0.426 e. The van der Waals surface area contributed by atoms with Gasteiger partial charge in [-0.1, -0.05) is 30.3 Å². The van der Waals surface area contributed by atoms with Crippen LogP contribution in [-0.4, -0.2) is 40.6 Å². The summed E-state index contributed by atoms with van der Waals surface area (Å²) in [5.74, 6) is -1.96. The Hall–Kier alpha value is -2.97. The van der Waals surface area contributed by atoms with Gasteiger partial charge < -0.3 is 10.0 Å². The van der Waals surface area contributed by atoms with E-state index < -0.39 is 40.5 Å². The number of benzene rings is 2. The highest BCUT2D eigenvalue weighted by molar-refractivity contribution is 5.80. The molecule has 1 heterocycles. The van der Waals surface area contributed by atoms with Crippen molar-refractivity contribution in [3.63, 3.8) is 0 Å². The van der Waals surface area contributed by atoms with E-state index in [1.165, 1.54) is 24.3 Å². The molecule has 2 aromatic carbocycles. The average molecular weight is 550 g/mol. The fourth-order valence-electron chi connectivity index (χ4n) is 7.12. The maximum atomic E-state index is 14.8. The van der Waals surface area contributed by atoms with Crippen LogP contribution in [0.5, 0.6) is 0 Å². The molecule has 0 radical (unpaired) electrons. The number of nitrogens with zero attached hydrogens (tertiary/aromatic N) is 1. The molecule has 2 aromatic rings. The molecule has 4 nitrogen and oxygen atoms in total. The summed E-state index contributed by atoms with van der Waals surface area (Å²) < 4.78 is 69.4. The Labute approximate surface area is 224 Å². The molecule has 3 unspecified atom stereocenters. The van der Waals surface area contributed by atoms with Crippen molar-refractivity contribution in [3.05, 3.63) is 70.5 Å². The number of carboxylic acid groups (broad SMARTS) is 1. The molecule has 2 fully saturated rings. The Morgan fingerprint density at radius 1 is 1.00 bits per heavy atom. The molecule has 2 aliphatic carbocycles. The molecule has 0 bridgehead atoms. The SMILES string of the molecule is CC(F)(c1ccc2c(c1)CCC1N(C(=O)[C@H]3CC[C@H](C(=O)O)CC3)CCC21Cc1cccc(F)c1)C(F)(F)F. The first-order chi connectivity index (χ1) is 18.3. The van der Waals surface area contributed by atoms with Gasteiger partial charge in [-0.25, -0.2) is 8.78 Å². The van der Waals surface area contributed by atoms with E-state index in [0.29, 0.717) is 70.4 Å². The van der Waals surface area contributed by atoms with Crippen molar-refractivity contribution < 1.29 is 36.6 Å². The second kappa shape index (κ2) is 9.89. The van der Waals surface area contributed by atoms with E-state index in [0.717, 1.165) is 11.1 Å². The summed E-state index contributed by atoms with van der Waals surface area (Å²) in [5, 5.41) is 9.32. The van der Waals surface area contributed by atoms with E-state index in [2.05, 4.69) is 0 Å². The fourth-order valence-corrected chi connectivity index (χ4v) is 7.12. The number of aliphatic carboxylic acids is 1. The van der Waals surface area contributed by atoms with Crippen molar-refractivity contribution in [2.45, 2.75) is 81.6 Å². The number of alkyl halides is 4. The Bertz CT molecular complexity index is 1270. The lowest BCUT2D eigenvalue weighted by atomic mass is 9.63. The number of hydrogen-bond acceptors (Lipinski definition) is 2. The van der Waals surface area contributed by atoms with Gasteiger partial charge in [-0.2, -0.15) is 13.2 Å². The zero-order valence-electron chi connectivity index (χ0n) is 21.7. The number of carbonyl (C=O) groups excluding carboxylic acids is 1. The predicted octanol–water partition coefficient (Wildman–Crippen LogP) is 6.49. The van der Waals surface area contributed by atoms with E-state index in [4.69, 9.17) is 0 Å². The van der Waals surface area contributed by atoms with Crippen LogP contribution in [0.2, 0.25) is 0 Å². The lowest BCUT2D eigenvalue weighted by Gasteiger charge is -2.45. The monoisotopic (exact) mass is 549 g/mol. The number of hydrogen-bond donors (Lipinski definition) is 1. The Morgan fingerprint density at radius 2 is 1.69 bits per heavy atom. The molecule has 1 saturated carbocycles. The topological polar surface area (TPSA) is 57.6 Å². The van der Waals surface area contributed by atoms with E-state index in [1.807, 2.05) is 4.90 Å². The largest absolute Gasteiger partial charge is 0.481 e. The van der Waals surface area contributed by atoms with Crippen LogP contribution in [-0.2, 0) is 33.5 Å². The second-order valence-corrected chi connectivity index (χ2v) is 11.6. The number of fused-ring (bicyclic) bond motifs is 3. The van der Waals surface area contributed by atoms with Crippen LogP contribution in [0.15, 0.2) is 42.5 Å². The lowest BCUT2D eigenvalue weighted by molar-refractivity contribution is -0.228. The molecule has 210 valence electrons. The molecule has 1 amide bonds. The highest BCUT2D eigenvalue weighted by atomic mass is 19.4. The quantitative estimate of drug-likeness (QED) is 0.434. The van der Waals surface area contributed by atoms with Gasteiger partial charge >= 0.3 is 12.1 Å². The summed E-state index contributed by atoms with van der Waals surface area (Å²) in [6, 6.07) is 10.0. The molecule has 1 saturated heterocycles. The first-order valence-electron chi connectivity index (χ1n) is 13.5. The van der Waals surface area contributed by atoms with Gasteiger partial charge in [-0.3, -0.25) is 9.59 Å². The van der Waals surface area contributed by atoms with Crippen molar-refractivity contribution in [1.29, 1.82) is 0 Å². The van der Waals surface area contributed by atoms with Gasteiger partial charge in [0.1, 0.15) is 5.82 Å². The molecular formula is C30H32F5NO3. The molecular weight excluding hydrogens is 517 g/mol. The molecule has 0 spiro atoms. The number of aryl methyl sites for hydroxylation is 1. The normalized spacial score (nSPS) is 28.4. The van der Waals surface area contributed by atoms with E-state index in [9.17, 15) is 36.6 Å². The minimum absolute atomic E-state index is 0.0153. The molecule has 3 aliphatic rings. The van der Waals surface area contributed by atoms with Crippen molar-refractivity contribution >= 4 is 11.9 Å². The molecule has 3 atom stereocenters. The van der Waals surface area contributed by atoms with Gasteiger partial charge in [0.05, 0.1) is 5.92 Å². The van der Waals surface area contributed by atoms with Crippen LogP contribution < -0.4 is 0 Å². The summed E-state index contributed by atoms with van der Waals surface area (Å²) in [6.45, 7) is 0.972. The third kappa shape index (κ3) is 4.82.